The topological polar surface area (TPSA) is 71.9 Å². The molecule has 2 N–H and O–H groups in total. The first-order chi connectivity index (χ1) is 25.5. The van der Waals surface area contributed by atoms with Gasteiger partial charge in [0.1, 0.15) is 6.23 Å². The van der Waals surface area contributed by atoms with Crippen molar-refractivity contribution in [1.82, 2.24) is 19.6 Å². The normalized spacial score (nSPS) is 17.9. The molecule has 10 heteroatoms. The van der Waals surface area contributed by atoms with E-state index in [1.54, 1.807) is 0 Å². The molecular formula is C42H54Cl2N4O4. The van der Waals surface area contributed by atoms with E-state index in [0.29, 0.717) is 19.8 Å². The Hall–Kier alpha value is -2.86. The maximum absolute atomic E-state index is 8.94. The van der Waals surface area contributed by atoms with Crippen LogP contribution in [0.2, 0.25) is 10.0 Å². The smallest absolute Gasteiger partial charge is 0.107 e. The third-order valence-electron chi connectivity index (χ3n) is 9.84. The summed E-state index contributed by atoms with van der Waals surface area (Å²) in [6.07, 6.45) is 0.0370. The van der Waals surface area contributed by atoms with Crippen LogP contribution in [0.15, 0.2) is 109 Å². The third kappa shape index (κ3) is 12.1. The summed E-state index contributed by atoms with van der Waals surface area (Å²) in [5, 5.41) is 19.3. The summed E-state index contributed by atoms with van der Waals surface area (Å²) < 4.78 is 11.0. The molecule has 280 valence electrons. The van der Waals surface area contributed by atoms with Crippen molar-refractivity contribution in [3.63, 3.8) is 0 Å². The number of piperazine rings is 2. The van der Waals surface area contributed by atoms with Crippen LogP contribution in [0.25, 0.3) is 0 Å². The summed E-state index contributed by atoms with van der Waals surface area (Å²) in [5.74, 6) is 0. The van der Waals surface area contributed by atoms with Crippen molar-refractivity contribution in [3.8, 4) is 0 Å². The summed E-state index contributed by atoms with van der Waals surface area (Å²) in [6, 6.07) is 38.2. The molecule has 2 aliphatic heterocycles. The number of halogens is 2. The van der Waals surface area contributed by atoms with Crippen molar-refractivity contribution in [2.24, 2.45) is 0 Å². The predicted molar refractivity (Wildman–Crippen MR) is 211 cm³/mol. The third-order valence-corrected chi connectivity index (χ3v) is 10.3. The molecule has 52 heavy (non-hydrogen) atoms. The van der Waals surface area contributed by atoms with Crippen LogP contribution in [0, 0.1) is 0 Å². The molecule has 4 aromatic carbocycles. The zero-order valence-corrected chi connectivity index (χ0v) is 31.8. The van der Waals surface area contributed by atoms with Crippen LogP contribution in [-0.4, -0.2) is 128 Å². The van der Waals surface area contributed by atoms with Gasteiger partial charge in [-0.25, -0.2) is 0 Å². The Bertz CT molecular complexity index is 1540. The second-order valence-electron chi connectivity index (χ2n) is 13.2. The number of benzene rings is 4. The van der Waals surface area contributed by atoms with Gasteiger partial charge in [-0.3, -0.25) is 19.6 Å². The fraction of sp³-hybridized carbons (Fsp3) is 0.429. The number of ether oxygens (including phenoxy) is 2. The first-order valence-electron chi connectivity index (χ1n) is 18.4. The van der Waals surface area contributed by atoms with Crippen LogP contribution in [0.5, 0.6) is 0 Å². The van der Waals surface area contributed by atoms with Crippen LogP contribution in [-0.2, 0) is 9.47 Å². The zero-order chi connectivity index (χ0) is 36.5. The van der Waals surface area contributed by atoms with Crippen LogP contribution in [0.4, 0.5) is 0 Å². The van der Waals surface area contributed by atoms with Crippen molar-refractivity contribution in [1.29, 1.82) is 0 Å². The highest BCUT2D eigenvalue weighted by Crippen LogP contribution is 2.32. The monoisotopic (exact) mass is 748 g/mol. The van der Waals surface area contributed by atoms with Crippen molar-refractivity contribution in [2.75, 3.05) is 91.9 Å². The molecule has 2 fully saturated rings. The van der Waals surface area contributed by atoms with Crippen LogP contribution in [0.3, 0.4) is 0 Å². The minimum atomic E-state index is 0.0370. The molecule has 2 saturated heterocycles. The second-order valence-corrected chi connectivity index (χ2v) is 14.1. The summed E-state index contributed by atoms with van der Waals surface area (Å²) in [6.45, 7) is 12.5. The fourth-order valence-corrected chi connectivity index (χ4v) is 7.33. The molecule has 3 atom stereocenters. The Morgan fingerprint density at radius 1 is 0.519 bits per heavy atom. The number of rotatable bonds is 15. The van der Waals surface area contributed by atoms with E-state index < -0.39 is 0 Å². The van der Waals surface area contributed by atoms with Gasteiger partial charge in [-0.15, -0.1) is 0 Å². The molecule has 3 unspecified atom stereocenters. The van der Waals surface area contributed by atoms with Crippen molar-refractivity contribution in [3.05, 3.63) is 141 Å². The lowest BCUT2D eigenvalue weighted by molar-refractivity contribution is -0.0756. The standard InChI is InChI=1S/2C21H27ClN2O2/c1-17(26-16-15-25)23-11-13-24(14-12-23)21(18-5-3-2-4-6-18)19-7-9-20(22)10-8-19;22-20-8-6-19(7-9-20)21(18-4-2-1-3-5-18)24-12-10-23(11-13-24)14-16-26-17-15-25/h2-10,17,21,25H,11-16H2,1H3;1-9,21,25H,10-17H2. The molecule has 0 amide bonds. The van der Waals surface area contributed by atoms with Gasteiger partial charge in [0.25, 0.3) is 0 Å². The van der Waals surface area contributed by atoms with Gasteiger partial charge in [0.05, 0.1) is 45.1 Å². The molecule has 4 aromatic rings. The number of hydrogen-bond donors (Lipinski definition) is 2. The number of hydrogen-bond acceptors (Lipinski definition) is 8. The highest BCUT2D eigenvalue weighted by Gasteiger charge is 2.29. The van der Waals surface area contributed by atoms with Crippen LogP contribution < -0.4 is 0 Å². The van der Waals surface area contributed by atoms with Crippen molar-refractivity contribution >= 4 is 23.2 Å². The number of nitrogens with zero attached hydrogens (tertiary/aromatic N) is 4. The van der Waals surface area contributed by atoms with E-state index in [4.69, 9.17) is 42.9 Å². The highest BCUT2D eigenvalue weighted by atomic mass is 35.5. The van der Waals surface area contributed by atoms with Gasteiger partial charge < -0.3 is 19.7 Å². The maximum Gasteiger partial charge on any atom is 0.107 e. The lowest BCUT2D eigenvalue weighted by Gasteiger charge is -2.41. The Morgan fingerprint density at radius 3 is 1.37 bits per heavy atom. The fourth-order valence-electron chi connectivity index (χ4n) is 7.08. The lowest BCUT2D eigenvalue weighted by atomic mass is 9.96. The van der Waals surface area contributed by atoms with Gasteiger partial charge in [-0.2, -0.15) is 0 Å². The van der Waals surface area contributed by atoms with Crippen molar-refractivity contribution in [2.45, 2.75) is 25.2 Å². The van der Waals surface area contributed by atoms with E-state index in [2.05, 4.69) is 111 Å². The number of aliphatic hydroxyl groups excluding tert-OH is 2. The van der Waals surface area contributed by atoms with Gasteiger partial charge in [-0.1, -0.05) is 108 Å². The Kier molecular flexibility index (Phi) is 16.9. The van der Waals surface area contributed by atoms with E-state index >= 15 is 0 Å². The van der Waals surface area contributed by atoms with E-state index in [-0.39, 0.29) is 31.5 Å². The van der Waals surface area contributed by atoms with E-state index in [1.165, 1.54) is 22.3 Å². The molecule has 8 nitrogen and oxygen atoms in total. The second kappa shape index (κ2) is 21.7. The quantitative estimate of drug-likeness (QED) is 0.134. The summed E-state index contributed by atoms with van der Waals surface area (Å²) in [4.78, 5) is 9.82. The predicted octanol–water partition coefficient (Wildman–Crippen LogP) is 6.46. The Labute approximate surface area is 320 Å². The molecule has 0 radical (unpaired) electrons. The van der Waals surface area contributed by atoms with Gasteiger partial charge >= 0.3 is 0 Å². The van der Waals surface area contributed by atoms with E-state index in [0.717, 1.165) is 68.9 Å². The maximum atomic E-state index is 8.94. The lowest BCUT2D eigenvalue weighted by Crippen LogP contribution is -2.51. The molecule has 0 bridgehead atoms. The molecule has 0 saturated carbocycles. The molecule has 2 aliphatic rings. The molecule has 0 aromatic heterocycles. The molecule has 2 heterocycles. The first-order valence-corrected chi connectivity index (χ1v) is 19.2. The van der Waals surface area contributed by atoms with E-state index in [1.807, 2.05) is 24.3 Å². The largest absolute Gasteiger partial charge is 0.394 e. The van der Waals surface area contributed by atoms with Gasteiger partial charge in [0, 0.05) is 68.9 Å². The van der Waals surface area contributed by atoms with Gasteiger partial charge in [0.2, 0.25) is 0 Å². The summed E-state index contributed by atoms with van der Waals surface area (Å²) in [5.41, 5.74) is 5.15. The average molecular weight is 750 g/mol. The van der Waals surface area contributed by atoms with Gasteiger partial charge in [-0.05, 0) is 53.4 Å². The van der Waals surface area contributed by atoms with Crippen LogP contribution in [0.1, 0.15) is 41.3 Å². The van der Waals surface area contributed by atoms with Gasteiger partial charge in [0.15, 0.2) is 0 Å². The summed E-state index contributed by atoms with van der Waals surface area (Å²) >= 11 is 12.2. The van der Waals surface area contributed by atoms with Crippen LogP contribution >= 0.6 is 23.2 Å². The minimum absolute atomic E-state index is 0.0370. The first kappa shape index (κ1) is 40.3. The number of aliphatic hydroxyl groups is 2. The molecular weight excluding hydrogens is 695 g/mol. The minimum Gasteiger partial charge on any atom is -0.394 e. The SMILES string of the molecule is CC(OCCO)N1CCN(C(c2ccccc2)c2ccc(Cl)cc2)CC1.OCCOCCN1CCN(C(c2ccccc2)c2ccc(Cl)cc2)CC1. The Morgan fingerprint density at radius 2 is 0.923 bits per heavy atom. The highest BCUT2D eigenvalue weighted by molar-refractivity contribution is 6.30. The molecule has 0 aliphatic carbocycles. The van der Waals surface area contributed by atoms with E-state index in [9.17, 15) is 0 Å². The molecule has 0 spiro atoms. The average Bonchev–Trinajstić information content (AvgIpc) is 3.19. The zero-order valence-electron chi connectivity index (χ0n) is 30.3. The van der Waals surface area contributed by atoms with Crippen molar-refractivity contribution < 1.29 is 19.7 Å². The summed E-state index contributed by atoms with van der Waals surface area (Å²) in [7, 11) is 0. The molecule has 6 rings (SSSR count). The Balaban J connectivity index is 0.000000201.